The molecule has 1 fully saturated rings. The summed E-state index contributed by atoms with van der Waals surface area (Å²) >= 11 is 0. The quantitative estimate of drug-likeness (QED) is 0.632. The van der Waals surface area contributed by atoms with E-state index in [-0.39, 0.29) is 29.6 Å². The maximum atomic E-state index is 12.0. The average molecular weight is 265 g/mol. The minimum absolute atomic E-state index is 0.0709. The number of hydrogen-bond acceptors (Lipinski definition) is 5. The molecular formula is C14H19NO4. The number of carbonyl (C=O) groups excluding carboxylic acids is 1. The third kappa shape index (κ3) is 3.38. The topological polar surface area (TPSA) is 81.8 Å². The van der Waals surface area contributed by atoms with Crippen LogP contribution in [-0.2, 0) is 9.47 Å². The lowest BCUT2D eigenvalue weighted by atomic mass is 10.0. The summed E-state index contributed by atoms with van der Waals surface area (Å²) < 4.78 is 11.0. The van der Waals surface area contributed by atoms with Crippen molar-refractivity contribution < 1.29 is 19.4 Å². The SMILES string of the molecule is CC1CC(OC(=O)c2ccc(N)cc2O)CC(C)O1. The monoisotopic (exact) mass is 265 g/mol. The van der Waals surface area contributed by atoms with E-state index in [0.29, 0.717) is 18.5 Å². The lowest BCUT2D eigenvalue weighted by Gasteiger charge is -2.31. The second kappa shape index (κ2) is 5.48. The van der Waals surface area contributed by atoms with Crippen molar-refractivity contribution in [3.05, 3.63) is 23.8 Å². The number of nitrogens with two attached hydrogens (primary N) is 1. The summed E-state index contributed by atoms with van der Waals surface area (Å²) in [7, 11) is 0. The number of phenolic OH excluding ortho intramolecular Hbond substituents is 1. The number of anilines is 1. The van der Waals surface area contributed by atoms with Gasteiger partial charge in [0.2, 0.25) is 0 Å². The van der Waals surface area contributed by atoms with Gasteiger partial charge in [-0.25, -0.2) is 4.79 Å². The Morgan fingerprint density at radius 2 is 2.00 bits per heavy atom. The Kier molecular flexibility index (Phi) is 3.95. The molecule has 1 heterocycles. The molecule has 0 saturated carbocycles. The van der Waals surface area contributed by atoms with Crippen LogP contribution >= 0.6 is 0 Å². The molecule has 0 spiro atoms. The summed E-state index contributed by atoms with van der Waals surface area (Å²) in [4.78, 5) is 12.0. The van der Waals surface area contributed by atoms with Gasteiger partial charge < -0.3 is 20.3 Å². The highest BCUT2D eigenvalue weighted by Gasteiger charge is 2.28. The molecule has 104 valence electrons. The maximum absolute atomic E-state index is 12.0. The van der Waals surface area contributed by atoms with Crippen LogP contribution in [0.25, 0.3) is 0 Å². The molecule has 1 aromatic carbocycles. The van der Waals surface area contributed by atoms with Crippen LogP contribution in [0.4, 0.5) is 5.69 Å². The fourth-order valence-corrected chi connectivity index (χ4v) is 2.38. The molecule has 1 aliphatic rings. The molecule has 1 aromatic rings. The summed E-state index contributed by atoms with van der Waals surface area (Å²) in [6, 6.07) is 4.37. The van der Waals surface area contributed by atoms with E-state index in [4.69, 9.17) is 15.2 Å². The van der Waals surface area contributed by atoms with E-state index < -0.39 is 5.97 Å². The standard InChI is InChI=1S/C14H19NO4/c1-8-5-11(6-9(2)18-8)19-14(17)12-4-3-10(15)7-13(12)16/h3-4,7-9,11,16H,5-6,15H2,1-2H3. The van der Waals surface area contributed by atoms with Crippen molar-refractivity contribution in [1.29, 1.82) is 0 Å². The second-order valence-electron chi connectivity index (χ2n) is 5.03. The second-order valence-corrected chi connectivity index (χ2v) is 5.03. The van der Waals surface area contributed by atoms with Crippen molar-refractivity contribution in [1.82, 2.24) is 0 Å². The molecule has 0 amide bonds. The highest BCUT2D eigenvalue weighted by atomic mass is 16.6. The van der Waals surface area contributed by atoms with Crippen molar-refractivity contribution in [2.45, 2.75) is 45.0 Å². The lowest BCUT2D eigenvalue weighted by molar-refractivity contribution is -0.0855. The van der Waals surface area contributed by atoms with E-state index >= 15 is 0 Å². The van der Waals surface area contributed by atoms with Gasteiger partial charge in [-0.2, -0.15) is 0 Å². The highest BCUT2D eigenvalue weighted by Crippen LogP contribution is 2.25. The van der Waals surface area contributed by atoms with E-state index in [1.165, 1.54) is 12.1 Å². The van der Waals surface area contributed by atoms with Crippen molar-refractivity contribution in [3.8, 4) is 5.75 Å². The van der Waals surface area contributed by atoms with Crippen LogP contribution in [-0.4, -0.2) is 29.4 Å². The third-order valence-electron chi connectivity index (χ3n) is 3.17. The van der Waals surface area contributed by atoms with Crippen molar-refractivity contribution >= 4 is 11.7 Å². The van der Waals surface area contributed by atoms with Gasteiger partial charge in [-0.1, -0.05) is 0 Å². The molecule has 5 nitrogen and oxygen atoms in total. The summed E-state index contributed by atoms with van der Waals surface area (Å²) in [6.45, 7) is 3.91. The van der Waals surface area contributed by atoms with Crippen LogP contribution in [0.15, 0.2) is 18.2 Å². The van der Waals surface area contributed by atoms with Crippen molar-refractivity contribution in [2.24, 2.45) is 0 Å². The molecule has 5 heteroatoms. The van der Waals surface area contributed by atoms with Gasteiger partial charge in [0.1, 0.15) is 17.4 Å². The number of carbonyl (C=O) groups is 1. The fourth-order valence-electron chi connectivity index (χ4n) is 2.38. The molecule has 0 aromatic heterocycles. The van der Waals surface area contributed by atoms with E-state index in [2.05, 4.69) is 0 Å². The van der Waals surface area contributed by atoms with Crippen LogP contribution in [0, 0.1) is 0 Å². The molecule has 2 rings (SSSR count). The molecular weight excluding hydrogens is 246 g/mol. The van der Waals surface area contributed by atoms with Gasteiger partial charge in [0, 0.05) is 24.6 Å². The van der Waals surface area contributed by atoms with Crippen LogP contribution < -0.4 is 5.73 Å². The normalized spacial score (nSPS) is 26.9. The van der Waals surface area contributed by atoms with Crippen LogP contribution in [0.3, 0.4) is 0 Å². The van der Waals surface area contributed by atoms with E-state index in [1.807, 2.05) is 13.8 Å². The number of esters is 1. The molecule has 1 aliphatic heterocycles. The molecule has 19 heavy (non-hydrogen) atoms. The van der Waals surface area contributed by atoms with Gasteiger partial charge >= 0.3 is 5.97 Å². The minimum Gasteiger partial charge on any atom is -0.507 e. The zero-order valence-electron chi connectivity index (χ0n) is 11.1. The number of benzene rings is 1. The predicted octanol–water partition coefficient (Wildman–Crippen LogP) is 2.09. The molecule has 2 unspecified atom stereocenters. The molecule has 0 aliphatic carbocycles. The Hall–Kier alpha value is -1.75. The van der Waals surface area contributed by atoms with Gasteiger partial charge in [0.05, 0.1) is 12.2 Å². The van der Waals surface area contributed by atoms with Gasteiger partial charge in [-0.05, 0) is 26.0 Å². The lowest BCUT2D eigenvalue weighted by Crippen LogP contribution is -2.35. The summed E-state index contributed by atoms with van der Waals surface area (Å²) in [5, 5.41) is 9.69. The maximum Gasteiger partial charge on any atom is 0.342 e. The van der Waals surface area contributed by atoms with E-state index in [0.717, 1.165) is 0 Å². The zero-order valence-corrected chi connectivity index (χ0v) is 11.1. The van der Waals surface area contributed by atoms with E-state index in [9.17, 15) is 9.90 Å². The molecule has 1 saturated heterocycles. The van der Waals surface area contributed by atoms with Crippen molar-refractivity contribution in [2.75, 3.05) is 5.73 Å². The number of phenols is 1. The fraction of sp³-hybridized carbons (Fsp3) is 0.500. The average Bonchev–Trinajstić information content (AvgIpc) is 2.26. The van der Waals surface area contributed by atoms with Gasteiger partial charge in [0.25, 0.3) is 0 Å². The first-order chi connectivity index (χ1) is 8.95. The molecule has 3 N–H and O–H groups in total. The van der Waals surface area contributed by atoms with Crippen LogP contribution in [0.1, 0.15) is 37.0 Å². The zero-order chi connectivity index (χ0) is 14.0. The van der Waals surface area contributed by atoms with Crippen LogP contribution in [0.5, 0.6) is 5.75 Å². The van der Waals surface area contributed by atoms with Crippen molar-refractivity contribution in [3.63, 3.8) is 0 Å². The number of nitrogen functional groups attached to an aromatic ring is 1. The molecule has 0 bridgehead atoms. The first-order valence-electron chi connectivity index (χ1n) is 6.40. The number of hydrogen-bond donors (Lipinski definition) is 2. The number of ether oxygens (including phenoxy) is 2. The molecule has 2 atom stereocenters. The van der Waals surface area contributed by atoms with Gasteiger partial charge in [0.15, 0.2) is 0 Å². The summed E-state index contributed by atoms with van der Waals surface area (Å²) in [6.07, 6.45) is 1.31. The number of aromatic hydroxyl groups is 1. The van der Waals surface area contributed by atoms with Gasteiger partial charge in [-0.15, -0.1) is 0 Å². The smallest absolute Gasteiger partial charge is 0.342 e. The number of rotatable bonds is 2. The Morgan fingerprint density at radius 3 is 2.58 bits per heavy atom. The van der Waals surface area contributed by atoms with Gasteiger partial charge in [-0.3, -0.25) is 0 Å². The third-order valence-corrected chi connectivity index (χ3v) is 3.17. The summed E-state index contributed by atoms with van der Waals surface area (Å²) in [5.41, 5.74) is 6.06. The Balaban J connectivity index is 2.04. The first-order valence-corrected chi connectivity index (χ1v) is 6.40. The van der Waals surface area contributed by atoms with E-state index in [1.54, 1.807) is 6.07 Å². The first kappa shape index (κ1) is 13.7. The largest absolute Gasteiger partial charge is 0.507 e. The Bertz CT molecular complexity index is 465. The summed E-state index contributed by atoms with van der Waals surface area (Å²) in [5.74, 6) is -0.679. The predicted molar refractivity (Wildman–Crippen MR) is 71.0 cm³/mol. The molecule has 0 radical (unpaired) electrons. The Labute approximate surface area is 112 Å². The van der Waals surface area contributed by atoms with Crippen LogP contribution in [0.2, 0.25) is 0 Å². The Morgan fingerprint density at radius 1 is 1.37 bits per heavy atom. The minimum atomic E-state index is -0.524. The highest BCUT2D eigenvalue weighted by molar-refractivity contribution is 5.93.